The van der Waals surface area contributed by atoms with Crippen molar-refractivity contribution < 1.29 is 4.79 Å². The van der Waals surface area contributed by atoms with Gasteiger partial charge in [-0.15, -0.1) is 10.2 Å². The van der Waals surface area contributed by atoms with E-state index >= 15 is 0 Å². The van der Waals surface area contributed by atoms with Gasteiger partial charge in [0.15, 0.2) is 5.16 Å². The van der Waals surface area contributed by atoms with E-state index in [4.69, 9.17) is 0 Å². The van der Waals surface area contributed by atoms with Crippen LogP contribution in [0.5, 0.6) is 0 Å². The Morgan fingerprint density at radius 3 is 2.32 bits per heavy atom. The number of carbonyl (C=O) groups excluding carboxylic acids is 1. The number of nitrogens with zero attached hydrogens (tertiary/aromatic N) is 3. The van der Waals surface area contributed by atoms with E-state index in [9.17, 15) is 4.79 Å². The maximum Gasteiger partial charge on any atom is 0.242 e. The van der Waals surface area contributed by atoms with Gasteiger partial charge in [-0.2, -0.15) is 0 Å². The zero-order chi connectivity index (χ0) is 17.8. The summed E-state index contributed by atoms with van der Waals surface area (Å²) in [5.74, 6) is 0.731. The minimum Gasteiger partial charge on any atom is -0.325 e. The molecule has 1 amide bonds. The Morgan fingerprint density at radius 2 is 1.72 bits per heavy atom. The van der Waals surface area contributed by atoms with Crippen LogP contribution in [0.2, 0.25) is 0 Å². The Labute approximate surface area is 151 Å². The molecule has 128 valence electrons. The number of aryl methyl sites for hydroxylation is 2. The van der Waals surface area contributed by atoms with Gasteiger partial charge in [0.1, 0.15) is 11.1 Å². The molecule has 0 fully saturated rings. The third kappa shape index (κ3) is 4.09. The summed E-state index contributed by atoms with van der Waals surface area (Å²) in [5.41, 5.74) is 2.87. The lowest BCUT2D eigenvalue weighted by Crippen LogP contribution is -2.19. The summed E-state index contributed by atoms with van der Waals surface area (Å²) < 4.78 is 1.89. The molecule has 0 bridgehead atoms. The van der Waals surface area contributed by atoms with Crippen LogP contribution in [0.4, 0.5) is 5.69 Å². The van der Waals surface area contributed by atoms with Gasteiger partial charge in [-0.3, -0.25) is 4.79 Å². The number of hydrogen-bond acceptors (Lipinski definition) is 4. The molecule has 0 spiro atoms. The minimum atomic E-state index is -0.412. The van der Waals surface area contributed by atoms with E-state index < -0.39 is 5.25 Å². The number of carbonyl (C=O) groups is 1. The van der Waals surface area contributed by atoms with Crippen molar-refractivity contribution in [3.8, 4) is 0 Å². The van der Waals surface area contributed by atoms with Gasteiger partial charge in [-0.05, 0) is 31.5 Å². The molecular weight excluding hydrogens is 332 g/mol. The average molecular weight is 352 g/mol. The molecule has 0 radical (unpaired) electrons. The number of anilines is 1. The van der Waals surface area contributed by atoms with Gasteiger partial charge in [0, 0.05) is 12.7 Å². The molecule has 1 N–H and O–H groups in total. The zero-order valence-corrected chi connectivity index (χ0v) is 15.2. The van der Waals surface area contributed by atoms with Crippen LogP contribution in [-0.4, -0.2) is 20.7 Å². The van der Waals surface area contributed by atoms with Crippen molar-refractivity contribution in [2.45, 2.75) is 24.3 Å². The SMILES string of the molecule is Cc1ccc(NC(=O)[C@@H](Sc2nnc(C)n2C)c2ccccc2)cc1. The molecule has 0 aliphatic rings. The third-order valence-electron chi connectivity index (χ3n) is 3.94. The van der Waals surface area contributed by atoms with E-state index in [2.05, 4.69) is 15.5 Å². The molecule has 0 saturated heterocycles. The topological polar surface area (TPSA) is 59.8 Å². The molecule has 5 nitrogen and oxygen atoms in total. The van der Waals surface area contributed by atoms with Crippen LogP contribution in [0, 0.1) is 13.8 Å². The lowest BCUT2D eigenvalue weighted by Gasteiger charge is -2.16. The van der Waals surface area contributed by atoms with E-state index in [-0.39, 0.29) is 5.91 Å². The van der Waals surface area contributed by atoms with Crippen molar-refractivity contribution in [3.63, 3.8) is 0 Å². The summed E-state index contributed by atoms with van der Waals surface area (Å²) in [6, 6.07) is 17.5. The fourth-order valence-corrected chi connectivity index (χ4v) is 3.39. The molecule has 0 aliphatic heterocycles. The smallest absolute Gasteiger partial charge is 0.242 e. The number of amides is 1. The molecule has 25 heavy (non-hydrogen) atoms. The van der Waals surface area contributed by atoms with Gasteiger partial charge in [-0.25, -0.2) is 0 Å². The number of nitrogens with one attached hydrogen (secondary N) is 1. The van der Waals surface area contributed by atoms with Crippen LogP contribution in [0.3, 0.4) is 0 Å². The number of hydrogen-bond donors (Lipinski definition) is 1. The fraction of sp³-hybridized carbons (Fsp3) is 0.211. The normalized spacial score (nSPS) is 12.0. The van der Waals surface area contributed by atoms with Crippen LogP contribution in [0.15, 0.2) is 59.8 Å². The van der Waals surface area contributed by atoms with Gasteiger partial charge >= 0.3 is 0 Å². The van der Waals surface area contributed by atoms with Crippen LogP contribution in [0.1, 0.15) is 22.2 Å². The lowest BCUT2D eigenvalue weighted by molar-refractivity contribution is -0.115. The maximum atomic E-state index is 12.9. The highest BCUT2D eigenvalue weighted by Crippen LogP contribution is 2.35. The van der Waals surface area contributed by atoms with E-state index in [1.807, 2.05) is 80.1 Å². The van der Waals surface area contributed by atoms with Crippen molar-refractivity contribution in [1.82, 2.24) is 14.8 Å². The van der Waals surface area contributed by atoms with Crippen LogP contribution >= 0.6 is 11.8 Å². The second-order valence-electron chi connectivity index (χ2n) is 5.85. The molecule has 3 rings (SSSR count). The van der Waals surface area contributed by atoms with Crippen LogP contribution < -0.4 is 5.32 Å². The highest BCUT2D eigenvalue weighted by atomic mass is 32.2. The average Bonchev–Trinajstić information content (AvgIpc) is 2.94. The van der Waals surface area contributed by atoms with Gasteiger partial charge in [0.25, 0.3) is 0 Å². The molecule has 1 heterocycles. The highest BCUT2D eigenvalue weighted by Gasteiger charge is 2.24. The molecule has 0 saturated carbocycles. The first-order valence-electron chi connectivity index (χ1n) is 7.99. The van der Waals surface area contributed by atoms with E-state index in [1.54, 1.807) is 0 Å². The van der Waals surface area contributed by atoms with Crippen molar-refractivity contribution in [2.75, 3.05) is 5.32 Å². The first kappa shape index (κ1) is 17.2. The van der Waals surface area contributed by atoms with E-state index in [1.165, 1.54) is 11.8 Å². The summed E-state index contributed by atoms with van der Waals surface area (Å²) in [6.45, 7) is 3.91. The van der Waals surface area contributed by atoms with E-state index in [0.29, 0.717) is 5.16 Å². The standard InChI is InChI=1S/C19H20N4OS/c1-13-9-11-16(12-10-13)20-18(24)17(15-7-5-4-6-8-15)25-19-22-21-14(2)23(19)3/h4-12,17H,1-3H3,(H,20,24)/t17-/m0/s1. The number of rotatable bonds is 5. The molecule has 6 heteroatoms. The maximum absolute atomic E-state index is 12.9. The quantitative estimate of drug-likeness (QED) is 0.708. The second-order valence-corrected chi connectivity index (χ2v) is 6.92. The van der Waals surface area contributed by atoms with Crippen molar-refractivity contribution in [2.24, 2.45) is 7.05 Å². The number of benzene rings is 2. The second kappa shape index (κ2) is 7.53. The molecule has 1 atom stereocenters. The molecular formula is C19H20N4OS. The zero-order valence-electron chi connectivity index (χ0n) is 14.4. The summed E-state index contributed by atoms with van der Waals surface area (Å²) in [4.78, 5) is 12.9. The van der Waals surface area contributed by atoms with Crippen LogP contribution in [-0.2, 0) is 11.8 Å². The van der Waals surface area contributed by atoms with Gasteiger partial charge < -0.3 is 9.88 Å². The molecule has 2 aromatic carbocycles. The fourth-order valence-electron chi connectivity index (χ4n) is 2.34. The summed E-state index contributed by atoms with van der Waals surface area (Å²) >= 11 is 1.40. The molecule has 1 aromatic heterocycles. The van der Waals surface area contributed by atoms with Crippen molar-refractivity contribution in [1.29, 1.82) is 0 Å². The minimum absolute atomic E-state index is 0.0827. The van der Waals surface area contributed by atoms with Crippen LogP contribution in [0.25, 0.3) is 0 Å². The Morgan fingerprint density at radius 1 is 1.04 bits per heavy atom. The predicted octanol–water partition coefficient (Wildman–Crippen LogP) is 3.90. The molecule has 0 aliphatic carbocycles. The molecule has 0 unspecified atom stereocenters. The van der Waals surface area contributed by atoms with Crippen molar-refractivity contribution in [3.05, 3.63) is 71.5 Å². The summed E-state index contributed by atoms with van der Waals surface area (Å²) in [7, 11) is 1.90. The Hall–Kier alpha value is -2.60. The van der Waals surface area contributed by atoms with Gasteiger partial charge in [0.05, 0.1) is 0 Å². The highest BCUT2D eigenvalue weighted by molar-refractivity contribution is 8.00. The predicted molar refractivity (Wildman–Crippen MR) is 101 cm³/mol. The Bertz CT molecular complexity index is 859. The monoisotopic (exact) mass is 352 g/mol. The van der Waals surface area contributed by atoms with Gasteiger partial charge in [-0.1, -0.05) is 59.8 Å². The summed E-state index contributed by atoms with van der Waals surface area (Å²) in [5, 5.41) is 11.6. The largest absolute Gasteiger partial charge is 0.325 e. The van der Waals surface area contributed by atoms with Crippen molar-refractivity contribution >= 4 is 23.4 Å². The first-order valence-corrected chi connectivity index (χ1v) is 8.87. The first-order chi connectivity index (χ1) is 12.0. The Kier molecular flexibility index (Phi) is 5.19. The van der Waals surface area contributed by atoms with E-state index in [0.717, 1.165) is 22.6 Å². The number of thioether (sulfide) groups is 1. The third-order valence-corrected chi connectivity index (χ3v) is 5.22. The summed E-state index contributed by atoms with van der Waals surface area (Å²) in [6.07, 6.45) is 0. The Balaban J connectivity index is 1.86. The number of aromatic nitrogens is 3. The van der Waals surface area contributed by atoms with Gasteiger partial charge in [0.2, 0.25) is 5.91 Å². The molecule has 3 aromatic rings. The lowest BCUT2D eigenvalue weighted by atomic mass is 10.1.